The van der Waals surface area contributed by atoms with Crippen molar-refractivity contribution >= 4 is 12.2 Å². The SMILES string of the molecule is CCCCNC(=O)OC(C)N(CCCN)C(C)OC(=O)NCCCC. The quantitative estimate of drug-likeness (QED) is 0.344. The topological polar surface area (TPSA) is 106 Å². The van der Waals surface area contributed by atoms with Gasteiger partial charge in [0.25, 0.3) is 0 Å². The number of hydrogen-bond donors (Lipinski definition) is 3. The van der Waals surface area contributed by atoms with E-state index in [2.05, 4.69) is 24.5 Å². The van der Waals surface area contributed by atoms with Crippen LogP contribution in [0.3, 0.4) is 0 Å². The van der Waals surface area contributed by atoms with Crippen molar-refractivity contribution in [3.8, 4) is 0 Å². The highest BCUT2D eigenvalue weighted by molar-refractivity contribution is 5.67. The third kappa shape index (κ3) is 11.6. The third-order valence-corrected chi connectivity index (χ3v) is 3.71. The van der Waals surface area contributed by atoms with Crippen molar-refractivity contribution in [2.45, 2.75) is 72.3 Å². The van der Waals surface area contributed by atoms with Gasteiger partial charge in [0.1, 0.15) is 0 Å². The van der Waals surface area contributed by atoms with Crippen molar-refractivity contribution in [1.82, 2.24) is 15.5 Å². The van der Waals surface area contributed by atoms with Gasteiger partial charge in [-0.3, -0.25) is 0 Å². The summed E-state index contributed by atoms with van der Waals surface area (Å²) < 4.78 is 10.8. The summed E-state index contributed by atoms with van der Waals surface area (Å²) >= 11 is 0. The predicted octanol–water partition coefficient (Wildman–Crippen LogP) is 2.38. The average Bonchev–Trinajstić information content (AvgIpc) is 2.55. The molecule has 0 aliphatic heterocycles. The highest BCUT2D eigenvalue weighted by Crippen LogP contribution is 2.10. The van der Waals surface area contributed by atoms with E-state index in [9.17, 15) is 9.59 Å². The molecule has 2 amide bonds. The second-order valence-corrected chi connectivity index (χ2v) is 5.95. The van der Waals surface area contributed by atoms with Crippen LogP contribution in [0.2, 0.25) is 0 Å². The Labute approximate surface area is 151 Å². The minimum absolute atomic E-state index is 0.474. The van der Waals surface area contributed by atoms with Crippen molar-refractivity contribution in [2.24, 2.45) is 5.73 Å². The van der Waals surface area contributed by atoms with Crippen LogP contribution in [0.25, 0.3) is 0 Å². The fraction of sp³-hybridized carbons (Fsp3) is 0.882. The van der Waals surface area contributed by atoms with Crippen LogP contribution < -0.4 is 16.4 Å². The number of hydrogen-bond acceptors (Lipinski definition) is 6. The van der Waals surface area contributed by atoms with Gasteiger partial charge in [-0.25, -0.2) is 14.5 Å². The summed E-state index contributed by atoms with van der Waals surface area (Å²) in [6.45, 7) is 9.83. The van der Waals surface area contributed by atoms with E-state index in [1.165, 1.54) is 0 Å². The zero-order valence-corrected chi connectivity index (χ0v) is 16.2. The van der Waals surface area contributed by atoms with Gasteiger partial charge in [-0.15, -0.1) is 0 Å². The highest BCUT2D eigenvalue weighted by atomic mass is 16.6. The monoisotopic (exact) mass is 360 g/mol. The first kappa shape index (κ1) is 23.5. The molecule has 0 rings (SSSR count). The first-order valence-corrected chi connectivity index (χ1v) is 9.30. The average molecular weight is 360 g/mol. The zero-order valence-electron chi connectivity index (χ0n) is 16.2. The van der Waals surface area contributed by atoms with E-state index < -0.39 is 24.6 Å². The Bertz CT molecular complexity index is 339. The van der Waals surface area contributed by atoms with Gasteiger partial charge in [0.05, 0.1) is 0 Å². The lowest BCUT2D eigenvalue weighted by atomic mass is 10.3. The summed E-state index contributed by atoms with van der Waals surface area (Å²) in [6, 6.07) is 0. The molecule has 0 aromatic carbocycles. The first-order valence-electron chi connectivity index (χ1n) is 9.30. The molecule has 25 heavy (non-hydrogen) atoms. The Morgan fingerprint density at radius 1 is 0.920 bits per heavy atom. The minimum atomic E-state index is -0.536. The van der Waals surface area contributed by atoms with Crippen molar-refractivity contribution < 1.29 is 19.1 Å². The van der Waals surface area contributed by atoms with E-state index in [4.69, 9.17) is 15.2 Å². The molecule has 2 atom stereocenters. The predicted molar refractivity (Wildman–Crippen MR) is 98.1 cm³/mol. The normalized spacial score (nSPS) is 13.2. The number of carbonyl (C=O) groups excluding carboxylic acids is 2. The van der Waals surface area contributed by atoms with Gasteiger partial charge >= 0.3 is 12.2 Å². The Kier molecular flexibility index (Phi) is 13.9. The summed E-state index contributed by atoms with van der Waals surface area (Å²) in [4.78, 5) is 25.4. The van der Waals surface area contributed by atoms with Crippen LogP contribution in [0.1, 0.15) is 59.8 Å². The van der Waals surface area contributed by atoms with Crippen LogP contribution >= 0.6 is 0 Å². The second kappa shape index (κ2) is 14.8. The van der Waals surface area contributed by atoms with Gasteiger partial charge in [-0.05, 0) is 39.7 Å². The maximum Gasteiger partial charge on any atom is 0.408 e. The van der Waals surface area contributed by atoms with Crippen LogP contribution in [0.5, 0.6) is 0 Å². The Balaban J connectivity index is 4.52. The van der Waals surface area contributed by atoms with Crippen molar-refractivity contribution in [3.05, 3.63) is 0 Å². The zero-order chi connectivity index (χ0) is 19.1. The maximum absolute atomic E-state index is 11.8. The molecule has 2 unspecified atom stereocenters. The van der Waals surface area contributed by atoms with E-state index >= 15 is 0 Å². The van der Waals surface area contributed by atoms with E-state index in [1.54, 1.807) is 18.7 Å². The maximum atomic E-state index is 11.8. The molecule has 0 aromatic heterocycles. The van der Waals surface area contributed by atoms with Gasteiger partial charge in [0.15, 0.2) is 12.5 Å². The Hall–Kier alpha value is -1.54. The fourth-order valence-corrected chi connectivity index (χ4v) is 2.20. The van der Waals surface area contributed by atoms with Crippen LogP contribution in [-0.4, -0.2) is 55.7 Å². The molecule has 0 bridgehead atoms. The number of amides is 2. The third-order valence-electron chi connectivity index (χ3n) is 3.71. The molecule has 8 nitrogen and oxygen atoms in total. The van der Waals surface area contributed by atoms with Gasteiger partial charge < -0.3 is 25.8 Å². The number of rotatable bonds is 13. The molecule has 148 valence electrons. The molecular formula is C17H36N4O4. The van der Waals surface area contributed by atoms with E-state index in [-0.39, 0.29) is 0 Å². The first-order chi connectivity index (χ1) is 12.0. The van der Waals surface area contributed by atoms with Gasteiger partial charge in [0.2, 0.25) is 0 Å². The molecule has 0 radical (unpaired) electrons. The molecule has 0 aromatic rings. The Morgan fingerprint density at radius 2 is 1.36 bits per heavy atom. The molecule has 0 saturated carbocycles. The molecule has 0 aliphatic carbocycles. The van der Waals surface area contributed by atoms with Crippen LogP contribution in [0.15, 0.2) is 0 Å². The molecule has 4 N–H and O–H groups in total. The summed E-state index contributed by atoms with van der Waals surface area (Å²) in [7, 11) is 0. The number of ether oxygens (including phenoxy) is 2. The lowest BCUT2D eigenvalue weighted by Gasteiger charge is -2.33. The molecule has 0 spiro atoms. The van der Waals surface area contributed by atoms with Crippen molar-refractivity contribution in [3.63, 3.8) is 0 Å². The van der Waals surface area contributed by atoms with Crippen LogP contribution in [0.4, 0.5) is 9.59 Å². The highest BCUT2D eigenvalue weighted by Gasteiger charge is 2.25. The van der Waals surface area contributed by atoms with E-state index in [1.807, 2.05) is 0 Å². The summed E-state index contributed by atoms with van der Waals surface area (Å²) in [5, 5.41) is 5.41. The van der Waals surface area contributed by atoms with E-state index in [0.717, 1.165) is 25.7 Å². The summed E-state index contributed by atoms with van der Waals surface area (Å²) in [5.74, 6) is 0. The minimum Gasteiger partial charge on any atom is -0.430 e. The van der Waals surface area contributed by atoms with Crippen molar-refractivity contribution in [2.75, 3.05) is 26.2 Å². The molecule has 0 fully saturated rings. The standard InChI is InChI=1S/C17H36N4O4/c1-5-7-11-19-16(22)24-14(3)21(13-9-10-18)15(4)25-17(23)20-12-8-6-2/h14-15H,5-13,18H2,1-4H3,(H,19,22)(H,20,23). The number of nitrogens with one attached hydrogen (secondary N) is 2. The molecule has 0 heterocycles. The number of carbonyl (C=O) groups is 2. The van der Waals surface area contributed by atoms with Gasteiger partial charge in [-0.1, -0.05) is 26.7 Å². The van der Waals surface area contributed by atoms with E-state index in [0.29, 0.717) is 32.6 Å². The summed E-state index contributed by atoms with van der Waals surface area (Å²) in [6.07, 6.45) is 2.48. The molecular weight excluding hydrogens is 324 g/mol. The fourth-order valence-electron chi connectivity index (χ4n) is 2.20. The number of alkyl carbamates (subject to hydrolysis) is 2. The Morgan fingerprint density at radius 3 is 1.72 bits per heavy atom. The number of nitrogens with zero attached hydrogens (tertiary/aromatic N) is 1. The largest absolute Gasteiger partial charge is 0.430 e. The number of unbranched alkanes of at least 4 members (excludes halogenated alkanes) is 2. The molecule has 0 saturated heterocycles. The molecule has 8 heteroatoms. The molecule has 0 aliphatic rings. The van der Waals surface area contributed by atoms with Gasteiger partial charge in [-0.2, -0.15) is 0 Å². The second-order valence-electron chi connectivity index (χ2n) is 5.95. The van der Waals surface area contributed by atoms with Gasteiger partial charge in [0, 0.05) is 19.6 Å². The lowest BCUT2D eigenvalue weighted by molar-refractivity contribution is -0.0916. The lowest BCUT2D eigenvalue weighted by Crippen LogP contribution is -2.47. The summed E-state index contributed by atoms with van der Waals surface area (Å²) in [5.41, 5.74) is 5.57. The van der Waals surface area contributed by atoms with Crippen LogP contribution in [-0.2, 0) is 9.47 Å². The smallest absolute Gasteiger partial charge is 0.408 e. The van der Waals surface area contributed by atoms with Crippen LogP contribution in [0, 0.1) is 0 Å². The number of nitrogens with two attached hydrogens (primary N) is 1. The van der Waals surface area contributed by atoms with Crippen molar-refractivity contribution in [1.29, 1.82) is 0 Å².